The van der Waals surface area contributed by atoms with E-state index in [9.17, 15) is 0 Å². The van der Waals surface area contributed by atoms with Crippen LogP contribution in [0.2, 0.25) is 0 Å². The summed E-state index contributed by atoms with van der Waals surface area (Å²) in [5, 5.41) is 6.46. The molecule has 0 saturated carbocycles. The Balaban J connectivity index is 1.99. The van der Waals surface area contributed by atoms with E-state index in [-0.39, 0.29) is 0 Å². The predicted octanol–water partition coefficient (Wildman–Crippen LogP) is 3.11. The second kappa shape index (κ2) is 5.32. The van der Waals surface area contributed by atoms with E-state index in [2.05, 4.69) is 38.6 Å². The summed E-state index contributed by atoms with van der Waals surface area (Å²) in [5.74, 6) is 1.77. The highest BCUT2D eigenvalue weighted by molar-refractivity contribution is 7.16. The van der Waals surface area contributed by atoms with Crippen LogP contribution in [0.15, 0.2) is 36.0 Å². The van der Waals surface area contributed by atoms with E-state index in [1.165, 1.54) is 5.56 Å². The third-order valence-corrected chi connectivity index (χ3v) is 3.63. The molecule has 3 aromatic heterocycles. The summed E-state index contributed by atoms with van der Waals surface area (Å²) < 4.78 is 0. The highest BCUT2D eigenvalue weighted by Gasteiger charge is 2.08. The maximum absolute atomic E-state index is 4.62. The van der Waals surface area contributed by atoms with E-state index >= 15 is 0 Å². The third kappa shape index (κ3) is 2.56. The molecule has 0 aromatic carbocycles. The van der Waals surface area contributed by atoms with Gasteiger partial charge in [0, 0.05) is 25.4 Å². The zero-order valence-electron chi connectivity index (χ0n) is 10.6. The van der Waals surface area contributed by atoms with Crippen LogP contribution in [0.25, 0.3) is 10.2 Å². The third-order valence-electron chi connectivity index (χ3n) is 2.83. The van der Waals surface area contributed by atoms with Crippen molar-refractivity contribution in [1.82, 2.24) is 15.0 Å². The number of fused-ring (bicyclic) bond motifs is 1. The van der Waals surface area contributed by atoms with E-state index in [0.717, 1.165) is 34.8 Å². The van der Waals surface area contributed by atoms with Crippen molar-refractivity contribution in [3.8, 4) is 0 Å². The second-order valence-electron chi connectivity index (χ2n) is 4.19. The molecule has 96 valence electrons. The molecule has 0 unspecified atom stereocenters. The number of hydrogen-bond donors (Lipinski definition) is 1. The standard InChI is InChI=1S/C14H14N4S/c1-2-16-13-11-5-8-19-14(11)18-12(17-13)9-10-3-6-15-7-4-10/h3-8H,2,9H2,1H3,(H,16,17,18). The molecule has 0 saturated heterocycles. The minimum Gasteiger partial charge on any atom is -0.370 e. The molecule has 3 aromatic rings. The molecule has 0 aliphatic rings. The monoisotopic (exact) mass is 270 g/mol. The Hall–Kier alpha value is -2.01. The van der Waals surface area contributed by atoms with Crippen LogP contribution in [-0.2, 0) is 6.42 Å². The average molecular weight is 270 g/mol. The molecule has 4 nitrogen and oxygen atoms in total. The van der Waals surface area contributed by atoms with Gasteiger partial charge in [-0.2, -0.15) is 0 Å². The fourth-order valence-corrected chi connectivity index (χ4v) is 2.75. The fraction of sp³-hybridized carbons (Fsp3) is 0.214. The number of nitrogens with one attached hydrogen (secondary N) is 1. The minimum atomic E-state index is 0.731. The highest BCUT2D eigenvalue weighted by atomic mass is 32.1. The van der Waals surface area contributed by atoms with Crippen molar-refractivity contribution in [2.75, 3.05) is 11.9 Å². The maximum atomic E-state index is 4.62. The van der Waals surface area contributed by atoms with Gasteiger partial charge in [0.15, 0.2) is 0 Å². The van der Waals surface area contributed by atoms with Crippen LogP contribution >= 0.6 is 11.3 Å². The van der Waals surface area contributed by atoms with Crippen LogP contribution < -0.4 is 5.32 Å². The first-order valence-corrected chi connectivity index (χ1v) is 7.11. The number of nitrogens with zero attached hydrogens (tertiary/aromatic N) is 3. The Bertz CT molecular complexity index is 678. The number of hydrogen-bond acceptors (Lipinski definition) is 5. The van der Waals surface area contributed by atoms with Gasteiger partial charge < -0.3 is 5.32 Å². The predicted molar refractivity (Wildman–Crippen MR) is 78.6 cm³/mol. The number of aromatic nitrogens is 3. The van der Waals surface area contributed by atoms with Gasteiger partial charge in [-0.25, -0.2) is 9.97 Å². The summed E-state index contributed by atoms with van der Waals surface area (Å²) in [7, 11) is 0. The smallest absolute Gasteiger partial charge is 0.138 e. The molecule has 0 spiro atoms. The summed E-state index contributed by atoms with van der Waals surface area (Å²) in [6.07, 6.45) is 4.32. The second-order valence-corrected chi connectivity index (χ2v) is 5.09. The van der Waals surface area contributed by atoms with Crippen molar-refractivity contribution in [2.24, 2.45) is 0 Å². The van der Waals surface area contributed by atoms with E-state index in [1.54, 1.807) is 23.7 Å². The van der Waals surface area contributed by atoms with Crippen molar-refractivity contribution in [2.45, 2.75) is 13.3 Å². The first-order valence-electron chi connectivity index (χ1n) is 6.23. The van der Waals surface area contributed by atoms with Gasteiger partial charge in [-0.3, -0.25) is 4.98 Å². The minimum absolute atomic E-state index is 0.731. The number of anilines is 1. The van der Waals surface area contributed by atoms with Crippen LogP contribution in [0, 0.1) is 0 Å². The van der Waals surface area contributed by atoms with E-state index in [1.807, 2.05) is 12.1 Å². The molecule has 19 heavy (non-hydrogen) atoms. The van der Waals surface area contributed by atoms with E-state index in [4.69, 9.17) is 0 Å². The molecule has 5 heteroatoms. The molecule has 0 aliphatic carbocycles. The van der Waals surface area contributed by atoms with Gasteiger partial charge >= 0.3 is 0 Å². The maximum Gasteiger partial charge on any atom is 0.138 e. The van der Waals surface area contributed by atoms with Crippen LogP contribution in [0.1, 0.15) is 18.3 Å². The molecular weight excluding hydrogens is 256 g/mol. The van der Waals surface area contributed by atoms with Crippen LogP contribution in [0.3, 0.4) is 0 Å². The zero-order valence-corrected chi connectivity index (χ0v) is 11.4. The molecule has 0 atom stereocenters. The van der Waals surface area contributed by atoms with Crippen molar-refractivity contribution >= 4 is 27.4 Å². The number of rotatable bonds is 4. The quantitative estimate of drug-likeness (QED) is 0.791. The summed E-state index contributed by atoms with van der Waals surface area (Å²) in [6, 6.07) is 6.05. The summed E-state index contributed by atoms with van der Waals surface area (Å²) >= 11 is 1.65. The van der Waals surface area contributed by atoms with Crippen molar-refractivity contribution in [3.63, 3.8) is 0 Å². The average Bonchev–Trinajstić information content (AvgIpc) is 2.89. The first-order chi connectivity index (χ1) is 9.36. The van der Waals surface area contributed by atoms with Crippen LogP contribution in [0.5, 0.6) is 0 Å². The number of pyridine rings is 1. The fourth-order valence-electron chi connectivity index (χ4n) is 1.96. The molecule has 3 rings (SSSR count). The molecule has 0 bridgehead atoms. The zero-order chi connectivity index (χ0) is 13.1. The van der Waals surface area contributed by atoms with Crippen molar-refractivity contribution in [1.29, 1.82) is 0 Å². The lowest BCUT2D eigenvalue weighted by Crippen LogP contribution is -2.04. The molecule has 3 heterocycles. The van der Waals surface area contributed by atoms with Gasteiger partial charge in [0.25, 0.3) is 0 Å². The Kier molecular flexibility index (Phi) is 3.37. The van der Waals surface area contributed by atoms with E-state index < -0.39 is 0 Å². The Labute approximate surface area is 115 Å². The lowest BCUT2D eigenvalue weighted by molar-refractivity contribution is 0.986. The molecule has 0 fully saturated rings. The van der Waals surface area contributed by atoms with Gasteiger partial charge in [-0.15, -0.1) is 11.3 Å². The summed E-state index contributed by atoms with van der Waals surface area (Å²) in [6.45, 7) is 2.93. The Morgan fingerprint density at radius 2 is 2.00 bits per heavy atom. The van der Waals surface area contributed by atoms with Gasteiger partial charge in [0.05, 0.1) is 5.39 Å². The molecule has 0 aliphatic heterocycles. The highest BCUT2D eigenvalue weighted by Crippen LogP contribution is 2.25. The van der Waals surface area contributed by atoms with Gasteiger partial charge in [0.2, 0.25) is 0 Å². The van der Waals surface area contributed by atoms with Gasteiger partial charge in [-0.05, 0) is 36.1 Å². The molecule has 1 N–H and O–H groups in total. The number of thiophene rings is 1. The summed E-state index contributed by atoms with van der Waals surface area (Å²) in [4.78, 5) is 14.3. The van der Waals surface area contributed by atoms with Crippen molar-refractivity contribution < 1.29 is 0 Å². The normalized spacial score (nSPS) is 10.8. The summed E-state index contributed by atoms with van der Waals surface area (Å²) in [5.41, 5.74) is 1.17. The molecule has 0 amide bonds. The molecule has 0 radical (unpaired) electrons. The van der Waals surface area contributed by atoms with Gasteiger partial charge in [0.1, 0.15) is 16.5 Å². The van der Waals surface area contributed by atoms with Crippen LogP contribution in [-0.4, -0.2) is 21.5 Å². The topological polar surface area (TPSA) is 50.7 Å². The van der Waals surface area contributed by atoms with E-state index in [0.29, 0.717) is 0 Å². The van der Waals surface area contributed by atoms with Gasteiger partial charge in [-0.1, -0.05) is 0 Å². The first kappa shape index (κ1) is 12.0. The Morgan fingerprint density at radius 1 is 1.16 bits per heavy atom. The SMILES string of the molecule is CCNc1nc(Cc2ccncc2)nc2sccc12. The Morgan fingerprint density at radius 3 is 2.79 bits per heavy atom. The largest absolute Gasteiger partial charge is 0.370 e. The molecular formula is C14H14N4S. The lowest BCUT2D eigenvalue weighted by atomic mass is 10.2. The van der Waals surface area contributed by atoms with Crippen molar-refractivity contribution in [3.05, 3.63) is 47.4 Å². The lowest BCUT2D eigenvalue weighted by Gasteiger charge is -2.07. The van der Waals surface area contributed by atoms with Crippen LogP contribution in [0.4, 0.5) is 5.82 Å².